The van der Waals surface area contributed by atoms with Gasteiger partial charge in [0.1, 0.15) is 11.4 Å². The molecular formula is C16H19N5O4. The van der Waals surface area contributed by atoms with Crippen LogP contribution in [0.5, 0.6) is 0 Å². The Balaban J connectivity index is 1.77. The SMILES string of the molecule is Cn1cc(C(=O)Nc2ccc(N3CCOCC3)nc2)c(=O)n(C)c1=O. The van der Waals surface area contributed by atoms with E-state index in [4.69, 9.17) is 4.74 Å². The summed E-state index contributed by atoms with van der Waals surface area (Å²) in [5, 5.41) is 2.63. The van der Waals surface area contributed by atoms with Crippen LogP contribution in [0.1, 0.15) is 10.4 Å². The number of morpholine rings is 1. The fourth-order valence-electron chi connectivity index (χ4n) is 2.60. The molecule has 0 aromatic carbocycles. The number of aryl methyl sites for hydroxylation is 1. The first-order valence-corrected chi connectivity index (χ1v) is 7.84. The number of hydrogen-bond donors (Lipinski definition) is 1. The zero-order chi connectivity index (χ0) is 18.0. The lowest BCUT2D eigenvalue weighted by molar-refractivity contribution is 0.102. The van der Waals surface area contributed by atoms with Gasteiger partial charge in [-0.3, -0.25) is 14.2 Å². The smallest absolute Gasteiger partial charge is 0.330 e. The van der Waals surface area contributed by atoms with Gasteiger partial charge in [-0.15, -0.1) is 0 Å². The Morgan fingerprint density at radius 2 is 1.92 bits per heavy atom. The Bertz CT molecular complexity index is 894. The molecule has 9 nitrogen and oxygen atoms in total. The summed E-state index contributed by atoms with van der Waals surface area (Å²) in [4.78, 5) is 42.5. The van der Waals surface area contributed by atoms with Gasteiger partial charge in [-0.25, -0.2) is 9.78 Å². The van der Waals surface area contributed by atoms with Crippen LogP contribution in [0.2, 0.25) is 0 Å². The molecule has 0 aliphatic carbocycles. The molecule has 1 aliphatic rings. The third-order valence-electron chi connectivity index (χ3n) is 4.03. The fraction of sp³-hybridized carbons (Fsp3) is 0.375. The van der Waals surface area contributed by atoms with Crippen LogP contribution in [-0.2, 0) is 18.8 Å². The molecule has 3 rings (SSSR count). The number of amides is 1. The zero-order valence-electron chi connectivity index (χ0n) is 14.1. The average molecular weight is 345 g/mol. The number of nitrogens with one attached hydrogen (secondary N) is 1. The topological polar surface area (TPSA) is 98.5 Å². The van der Waals surface area contributed by atoms with Crippen molar-refractivity contribution in [3.63, 3.8) is 0 Å². The summed E-state index contributed by atoms with van der Waals surface area (Å²) in [5.74, 6) is 0.219. The van der Waals surface area contributed by atoms with Gasteiger partial charge in [-0.1, -0.05) is 0 Å². The summed E-state index contributed by atoms with van der Waals surface area (Å²) in [6.07, 6.45) is 2.77. The van der Waals surface area contributed by atoms with E-state index in [9.17, 15) is 14.4 Å². The Hall–Kier alpha value is -2.94. The predicted molar refractivity (Wildman–Crippen MR) is 92.1 cm³/mol. The van der Waals surface area contributed by atoms with Crippen molar-refractivity contribution in [1.82, 2.24) is 14.1 Å². The summed E-state index contributed by atoms with van der Waals surface area (Å²) in [5.41, 5.74) is -0.767. The molecule has 132 valence electrons. The van der Waals surface area contributed by atoms with Gasteiger partial charge >= 0.3 is 5.69 Å². The summed E-state index contributed by atoms with van der Waals surface area (Å²) < 4.78 is 7.39. The van der Waals surface area contributed by atoms with Crippen LogP contribution in [0.3, 0.4) is 0 Å². The summed E-state index contributed by atoms with van der Waals surface area (Å²) >= 11 is 0. The number of ether oxygens (including phenoxy) is 1. The number of pyridine rings is 1. The number of carbonyl (C=O) groups excluding carboxylic acids is 1. The Morgan fingerprint density at radius 1 is 1.20 bits per heavy atom. The maximum absolute atomic E-state index is 12.3. The highest BCUT2D eigenvalue weighted by Gasteiger charge is 2.16. The molecule has 1 saturated heterocycles. The molecule has 0 saturated carbocycles. The number of carbonyl (C=O) groups is 1. The molecule has 0 unspecified atom stereocenters. The fourth-order valence-corrected chi connectivity index (χ4v) is 2.60. The molecule has 1 amide bonds. The van der Waals surface area contributed by atoms with E-state index in [0.717, 1.165) is 23.5 Å². The molecule has 0 radical (unpaired) electrons. The highest BCUT2D eigenvalue weighted by Crippen LogP contribution is 2.15. The van der Waals surface area contributed by atoms with Crippen LogP contribution in [-0.4, -0.2) is 46.3 Å². The van der Waals surface area contributed by atoms with Crippen LogP contribution in [0.15, 0.2) is 34.1 Å². The highest BCUT2D eigenvalue weighted by atomic mass is 16.5. The number of hydrogen-bond acceptors (Lipinski definition) is 6. The highest BCUT2D eigenvalue weighted by molar-refractivity contribution is 6.03. The van der Waals surface area contributed by atoms with E-state index in [1.54, 1.807) is 12.1 Å². The van der Waals surface area contributed by atoms with Crippen molar-refractivity contribution in [2.45, 2.75) is 0 Å². The van der Waals surface area contributed by atoms with Gasteiger partial charge in [-0.2, -0.15) is 0 Å². The van der Waals surface area contributed by atoms with Crippen molar-refractivity contribution in [2.24, 2.45) is 14.1 Å². The Kier molecular flexibility index (Phi) is 4.66. The van der Waals surface area contributed by atoms with Gasteiger partial charge in [0.25, 0.3) is 11.5 Å². The van der Waals surface area contributed by atoms with Gasteiger partial charge < -0.3 is 19.5 Å². The predicted octanol–water partition coefficient (Wildman–Crippen LogP) is -0.432. The number of aromatic nitrogens is 3. The summed E-state index contributed by atoms with van der Waals surface area (Å²) in [6, 6.07) is 3.53. The number of rotatable bonds is 3. The minimum atomic E-state index is -0.640. The molecule has 1 fully saturated rings. The van der Waals surface area contributed by atoms with Crippen molar-refractivity contribution in [3.05, 3.63) is 50.9 Å². The van der Waals surface area contributed by atoms with Crippen LogP contribution in [0, 0.1) is 0 Å². The lowest BCUT2D eigenvalue weighted by atomic mass is 10.3. The molecule has 0 spiro atoms. The lowest BCUT2D eigenvalue weighted by Gasteiger charge is -2.27. The van der Waals surface area contributed by atoms with E-state index in [0.29, 0.717) is 18.9 Å². The van der Waals surface area contributed by atoms with Gasteiger partial charge in [0, 0.05) is 33.4 Å². The summed E-state index contributed by atoms with van der Waals surface area (Å²) in [6.45, 7) is 2.87. The first-order chi connectivity index (χ1) is 12.0. The molecular weight excluding hydrogens is 326 g/mol. The standard InChI is InChI=1S/C16H19N5O4/c1-19-10-12(15(23)20(2)16(19)24)14(22)18-11-3-4-13(17-9-11)21-5-7-25-8-6-21/h3-4,9-10H,5-8H2,1-2H3,(H,18,22). The molecule has 0 bridgehead atoms. The molecule has 2 aromatic rings. The normalized spacial score (nSPS) is 14.4. The van der Waals surface area contributed by atoms with Gasteiger partial charge in [0.2, 0.25) is 0 Å². The second kappa shape index (κ2) is 6.89. The number of nitrogens with zero attached hydrogens (tertiary/aromatic N) is 4. The Morgan fingerprint density at radius 3 is 2.56 bits per heavy atom. The van der Waals surface area contributed by atoms with Gasteiger partial charge in [0.05, 0.1) is 25.1 Å². The average Bonchev–Trinajstić information content (AvgIpc) is 2.64. The van der Waals surface area contributed by atoms with Crippen molar-refractivity contribution >= 4 is 17.4 Å². The quantitative estimate of drug-likeness (QED) is 0.810. The van der Waals surface area contributed by atoms with Crippen LogP contribution in [0.4, 0.5) is 11.5 Å². The Labute approximate surface area is 143 Å². The number of anilines is 2. The van der Waals surface area contributed by atoms with E-state index in [-0.39, 0.29) is 5.56 Å². The van der Waals surface area contributed by atoms with Crippen LogP contribution in [0.25, 0.3) is 0 Å². The lowest BCUT2D eigenvalue weighted by Crippen LogP contribution is -2.40. The van der Waals surface area contributed by atoms with E-state index < -0.39 is 17.2 Å². The third-order valence-corrected chi connectivity index (χ3v) is 4.03. The van der Waals surface area contributed by atoms with Crippen molar-refractivity contribution in [1.29, 1.82) is 0 Å². The van der Waals surface area contributed by atoms with E-state index in [1.807, 2.05) is 0 Å². The van der Waals surface area contributed by atoms with Crippen molar-refractivity contribution in [2.75, 3.05) is 36.5 Å². The molecule has 0 atom stereocenters. The van der Waals surface area contributed by atoms with E-state index in [2.05, 4.69) is 15.2 Å². The molecule has 1 aliphatic heterocycles. The minimum Gasteiger partial charge on any atom is -0.378 e. The molecule has 1 N–H and O–H groups in total. The van der Waals surface area contributed by atoms with E-state index >= 15 is 0 Å². The van der Waals surface area contributed by atoms with Crippen molar-refractivity contribution < 1.29 is 9.53 Å². The first-order valence-electron chi connectivity index (χ1n) is 7.84. The van der Waals surface area contributed by atoms with Crippen molar-refractivity contribution in [3.8, 4) is 0 Å². The molecule has 9 heteroatoms. The second-order valence-corrected chi connectivity index (χ2v) is 5.76. The van der Waals surface area contributed by atoms with Gasteiger partial charge in [0.15, 0.2) is 0 Å². The first kappa shape index (κ1) is 16.9. The van der Waals surface area contributed by atoms with E-state index in [1.165, 1.54) is 31.1 Å². The second-order valence-electron chi connectivity index (χ2n) is 5.76. The largest absolute Gasteiger partial charge is 0.378 e. The molecule has 2 aromatic heterocycles. The monoisotopic (exact) mass is 345 g/mol. The summed E-state index contributed by atoms with van der Waals surface area (Å²) in [7, 11) is 2.82. The molecule has 25 heavy (non-hydrogen) atoms. The van der Waals surface area contributed by atoms with Gasteiger partial charge in [-0.05, 0) is 12.1 Å². The molecule has 3 heterocycles. The maximum atomic E-state index is 12.3. The minimum absolute atomic E-state index is 0.109. The zero-order valence-corrected chi connectivity index (χ0v) is 14.1. The van der Waals surface area contributed by atoms with Crippen LogP contribution < -0.4 is 21.5 Å². The maximum Gasteiger partial charge on any atom is 0.330 e. The van der Waals surface area contributed by atoms with Crippen LogP contribution >= 0.6 is 0 Å². The third kappa shape index (κ3) is 3.45.